The van der Waals surface area contributed by atoms with E-state index in [0.29, 0.717) is 12.1 Å². The average molecular weight is 390 g/mol. The first-order valence-corrected chi connectivity index (χ1v) is 8.87. The van der Waals surface area contributed by atoms with Crippen molar-refractivity contribution in [3.63, 3.8) is 0 Å². The summed E-state index contributed by atoms with van der Waals surface area (Å²) in [5.41, 5.74) is -0.203. The Kier molecular flexibility index (Phi) is 6.32. The molecular weight excluding hydrogens is 376 g/mol. The van der Waals surface area contributed by atoms with Crippen molar-refractivity contribution >= 4 is 21.6 Å². The van der Waals surface area contributed by atoms with Crippen molar-refractivity contribution in [1.29, 1.82) is 0 Å². The molecule has 0 saturated carbocycles. The number of carbonyl (C=O) groups is 1. The molecule has 2 rings (SSSR count). The maximum atomic E-state index is 13.5. The summed E-state index contributed by atoms with van der Waals surface area (Å²) in [6.45, 7) is -0.196. The number of carbonyl (C=O) groups excluding carboxylic acids is 1. The number of anilines is 1. The summed E-state index contributed by atoms with van der Waals surface area (Å²) >= 11 is 0. The van der Waals surface area contributed by atoms with Crippen LogP contribution in [0.2, 0.25) is 0 Å². The fraction of sp³-hybridized carbons (Fsp3) is 0.188. The van der Waals surface area contributed by atoms with Crippen molar-refractivity contribution in [3.05, 3.63) is 59.7 Å². The third kappa shape index (κ3) is 5.27. The summed E-state index contributed by atoms with van der Waals surface area (Å²) in [5.74, 6) is -4.48. The minimum Gasteiger partial charge on any atom is -0.324 e. The van der Waals surface area contributed by atoms with Crippen LogP contribution in [0.5, 0.6) is 0 Å². The van der Waals surface area contributed by atoms with Crippen LogP contribution in [0.1, 0.15) is 12.8 Å². The monoisotopic (exact) mass is 390 g/mol. The number of rotatable bonds is 7. The van der Waals surface area contributed by atoms with Crippen molar-refractivity contribution in [2.75, 3.05) is 11.9 Å². The zero-order chi connectivity index (χ0) is 19.3. The van der Waals surface area contributed by atoms with Crippen molar-refractivity contribution < 1.29 is 30.8 Å². The summed E-state index contributed by atoms with van der Waals surface area (Å²) in [4.78, 5) is 11.0. The standard InChI is InChI=1S/C16H14F4N2O3S/c17-10-3-5-14(12(19)8-10)22-16(23)2-1-7-21-26(24,25)15-6-4-11(18)9-13(15)20/h3-6,8-9,21H,1-2,7H2,(H,22,23). The predicted molar refractivity (Wildman–Crippen MR) is 85.8 cm³/mol. The molecule has 0 atom stereocenters. The third-order valence-electron chi connectivity index (χ3n) is 3.26. The molecule has 1 amide bonds. The third-order valence-corrected chi connectivity index (χ3v) is 4.76. The molecule has 26 heavy (non-hydrogen) atoms. The van der Waals surface area contributed by atoms with Crippen LogP contribution in [0.4, 0.5) is 23.2 Å². The number of halogens is 4. The van der Waals surface area contributed by atoms with Crippen molar-refractivity contribution in [1.82, 2.24) is 4.72 Å². The van der Waals surface area contributed by atoms with Gasteiger partial charge in [0, 0.05) is 25.1 Å². The summed E-state index contributed by atoms with van der Waals surface area (Å²) in [7, 11) is -4.20. The molecular formula is C16H14F4N2O3S. The zero-order valence-electron chi connectivity index (χ0n) is 13.2. The lowest BCUT2D eigenvalue weighted by molar-refractivity contribution is -0.116. The SMILES string of the molecule is O=C(CCCNS(=O)(=O)c1ccc(F)cc1F)Nc1ccc(F)cc1F. The molecule has 10 heteroatoms. The number of benzene rings is 2. The maximum absolute atomic E-state index is 13.5. The number of amides is 1. The molecule has 0 spiro atoms. The van der Waals surface area contributed by atoms with E-state index in [1.807, 2.05) is 0 Å². The van der Waals surface area contributed by atoms with Gasteiger partial charge in [-0.3, -0.25) is 4.79 Å². The lowest BCUT2D eigenvalue weighted by atomic mass is 10.2. The molecule has 5 nitrogen and oxygen atoms in total. The van der Waals surface area contributed by atoms with Gasteiger partial charge in [-0.05, 0) is 30.7 Å². The van der Waals surface area contributed by atoms with Gasteiger partial charge in [-0.1, -0.05) is 0 Å². The van der Waals surface area contributed by atoms with Gasteiger partial charge in [0.25, 0.3) is 0 Å². The second-order valence-corrected chi connectivity index (χ2v) is 6.98. The van der Waals surface area contributed by atoms with E-state index >= 15 is 0 Å². The highest BCUT2D eigenvalue weighted by atomic mass is 32.2. The van der Waals surface area contributed by atoms with Crippen molar-refractivity contribution in [3.8, 4) is 0 Å². The highest BCUT2D eigenvalue weighted by Crippen LogP contribution is 2.16. The van der Waals surface area contributed by atoms with Gasteiger partial charge in [0.05, 0.1) is 5.69 Å². The first-order valence-electron chi connectivity index (χ1n) is 7.38. The van der Waals surface area contributed by atoms with Gasteiger partial charge in [-0.2, -0.15) is 0 Å². The summed E-state index contributed by atoms with van der Waals surface area (Å²) in [6, 6.07) is 4.69. The van der Waals surface area contributed by atoms with Gasteiger partial charge < -0.3 is 5.32 Å². The van der Waals surface area contributed by atoms with Crippen LogP contribution in [-0.2, 0) is 14.8 Å². The minimum atomic E-state index is -4.20. The molecule has 2 aromatic rings. The Morgan fingerprint density at radius 1 is 0.923 bits per heavy atom. The highest BCUT2D eigenvalue weighted by molar-refractivity contribution is 7.89. The van der Waals surface area contributed by atoms with Gasteiger partial charge in [0.15, 0.2) is 0 Å². The Morgan fingerprint density at radius 2 is 1.54 bits per heavy atom. The molecule has 0 fully saturated rings. The molecule has 0 unspecified atom stereocenters. The van der Waals surface area contributed by atoms with E-state index in [2.05, 4.69) is 10.0 Å². The number of nitrogens with one attached hydrogen (secondary N) is 2. The molecule has 0 aliphatic carbocycles. The minimum absolute atomic E-state index is 0.0384. The second kappa shape index (κ2) is 8.28. The van der Waals surface area contributed by atoms with Gasteiger partial charge in [0.1, 0.15) is 28.2 Å². The van der Waals surface area contributed by atoms with E-state index in [1.165, 1.54) is 0 Å². The molecule has 0 aliphatic heterocycles. The molecule has 0 radical (unpaired) electrons. The first-order chi connectivity index (χ1) is 12.2. The molecule has 0 bridgehead atoms. The molecule has 0 aliphatic rings. The van der Waals surface area contributed by atoms with Crippen LogP contribution >= 0.6 is 0 Å². The van der Waals surface area contributed by atoms with E-state index in [0.717, 1.165) is 24.3 Å². The van der Waals surface area contributed by atoms with E-state index in [-0.39, 0.29) is 25.1 Å². The second-order valence-electron chi connectivity index (χ2n) is 5.25. The Hall–Kier alpha value is -2.46. The molecule has 2 N–H and O–H groups in total. The lowest BCUT2D eigenvalue weighted by Crippen LogP contribution is -2.26. The van der Waals surface area contributed by atoms with Gasteiger partial charge >= 0.3 is 0 Å². The van der Waals surface area contributed by atoms with Crippen LogP contribution in [0, 0.1) is 23.3 Å². The summed E-state index contributed by atoms with van der Waals surface area (Å²) < 4.78 is 78.4. The normalized spacial score (nSPS) is 11.4. The predicted octanol–water partition coefficient (Wildman–Crippen LogP) is 2.94. The highest BCUT2D eigenvalue weighted by Gasteiger charge is 2.19. The van der Waals surface area contributed by atoms with Crippen molar-refractivity contribution in [2.24, 2.45) is 0 Å². The smallest absolute Gasteiger partial charge is 0.243 e. The average Bonchev–Trinajstić information content (AvgIpc) is 2.54. The topological polar surface area (TPSA) is 75.3 Å². The largest absolute Gasteiger partial charge is 0.324 e. The molecule has 0 heterocycles. The van der Waals surface area contributed by atoms with Crippen LogP contribution in [0.3, 0.4) is 0 Å². The Bertz CT molecular complexity index is 920. The van der Waals surface area contributed by atoms with Gasteiger partial charge in [0.2, 0.25) is 15.9 Å². The molecule has 0 saturated heterocycles. The summed E-state index contributed by atoms with van der Waals surface area (Å²) in [6.07, 6.45) is -0.123. The molecule has 0 aromatic heterocycles. The van der Waals surface area contributed by atoms with Crippen molar-refractivity contribution in [2.45, 2.75) is 17.7 Å². The fourth-order valence-electron chi connectivity index (χ4n) is 2.03. The van der Waals surface area contributed by atoms with Crippen LogP contribution in [0.25, 0.3) is 0 Å². The Labute approximate surface area is 147 Å². The Balaban J connectivity index is 1.84. The summed E-state index contributed by atoms with van der Waals surface area (Å²) in [5, 5.41) is 2.22. The van der Waals surface area contributed by atoms with E-state index in [4.69, 9.17) is 0 Å². The lowest BCUT2D eigenvalue weighted by Gasteiger charge is -2.09. The van der Waals surface area contributed by atoms with E-state index < -0.39 is 44.1 Å². The maximum Gasteiger partial charge on any atom is 0.243 e. The first kappa shape index (κ1) is 19.9. The number of sulfonamides is 1. The zero-order valence-corrected chi connectivity index (χ0v) is 14.0. The fourth-order valence-corrected chi connectivity index (χ4v) is 3.16. The van der Waals surface area contributed by atoms with Crippen LogP contribution in [-0.4, -0.2) is 20.9 Å². The van der Waals surface area contributed by atoms with Crippen LogP contribution in [0.15, 0.2) is 41.3 Å². The Morgan fingerprint density at radius 3 is 2.15 bits per heavy atom. The molecule has 2 aromatic carbocycles. The molecule has 140 valence electrons. The van der Waals surface area contributed by atoms with E-state index in [9.17, 15) is 30.8 Å². The van der Waals surface area contributed by atoms with Crippen LogP contribution < -0.4 is 10.0 Å². The van der Waals surface area contributed by atoms with E-state index in [1.54, 1.807) is 0 Å². The van der Waals surface area contributed by atoms with Gasteiger partial charge in [-0.25, -0.2) is 30.7 Å². The quantitative estimate of drug-likeness (QED) is 0.564. The van der Waals surface area contributed by atoms with Gasteiger partial charge in [-0.15, -0.1) is 0 Å². The number of hydrogen-bond donors (Lipinski definition) is 2. The number of hydrogen-bond acceptors (Lipinski definition) is 3.